The molecule has 0 saturated carbocycles. The third-order valence-electron chi connectivity index (χ3n) is 10.7. The van der Waals surface area contributed by atoms with Crippen LogP contribution < -0.4 is 24.8 Å². The number of aromatic nitrogens is 3. The molecule has 2 bridgehead atoms. The van der Waals surface area contributed by atoms with Crippen LogP contribution in [0.2, 0.25) is 0 Å². The Balaban J connectivity index is 1.26. The van der Waals surface area contributed by atoms with Gasteiger partial charge in [0.15, 0.2) is 5.82 Å². The second-order valence-electron chi connectivity index (χ2n) is 13.9. The fourth-order valence-corrected chi connectivity index (χ4v) is 8.97. The van der Waals surface area contributed by atoms with Gasteiger partial charge in [-0.1, -0.05) is 12.0 Å². The summed E-state index contributed by atoms with van der Waals surface area (Å²) >= 11 is 0. The van der Waals surface area contributed by atoms with E-state index < -0.39 is 39.1 Å². The fourth-order valence-electron chi connectivity index (χ4n) is 8.50. The molecule has 4 fully saturated rings. The molecule has 16 heteroatoms. The van der Waals surface area contributed by atoms with Gasteiger partial charge in [0.1, 0.15) is 41.4 Å². The second kappa shape index (κ2) is 11.9. The van der Waals surface area contributed by atoms with Gasteiger partial charge in [0.25, 0.3) is 10.2 Å². The zero-order valence-electron chi connectivity index (χ0n) is 26.9. The summed E-state index contributed by atoms with van der Waals surface area (Å²) in [6, 6.07) is 5.15. The van der Waals surface area contributed by atoms with Crippen molar-refractivity contribution < 1.29 is 31.4 Å². The van der Waals surface area contributed by atoms with Crippen LogP contribution in [0.25, 0.3) is 32.9 Å². The standard InChI is InChI=1S/C34H35F3N8O4S/c1-2-23-26(36)5-4-19-10-22(46)11-24(27(19)23)29-28(37)30-25(13-39-29)31(44-15-21-6-8-33(17-44,43-21)16-40-50(38,47)48)42-32(41-30)49-18-34-7-3-9-45(34)14-20(35)12-34/h1,4-5,10-11,13,20-21,40,43,46H,3,6-9,12,14-18H2,(H2,38,47,48)/t20-,21?,33?,34+/m1/s1. The molecule has 4 aliphatic heterocycles. The summed E-state index contributed by atoms with van der Waals surface area (Å²) in [4.78, 5) is 17.8. The molecule has 0 aliphatic carbocycles. The van der Waals surface area contributed by atoms with E-state index in [-0.39, 0.29) is 64.1 Å². The van der Waals surface area contributed by atoms with Gasteiger partial charge >= 0.3 is 6.01 Å². The van der Waals surface area contributed by atoms with Crippen molar-refractivity contribution in [2.45, 2.75) is 55.4 Å². The molecular weight excluding hydrogens is 673 g/mol. The number of benzene rings is 2. The minimum Gasteiger partial charge on any atom is -0.508 e. The smallest absolute Gasteiger partial charge is 0.319 e. The van der Waals surface area contributed by atoms with E-state index in [4.69, 9.17) is 21.3 Å². The number of ether oxygens (including phenoxy) is 1. The zero-order chi connectivity index (χ0) is 35.0. The minimum absolute atomic E-state index is 0.0286. The molecule has 8 rings (SSSR count). The van der Waals surface area contributed by atoms with Gasteiger partial charge in [0, 0.05) is 61.3 Å². The van der Waals surface area contributed by atoms with E-state index in [1.54, 1.807) is 0 Å². The van der Waals surface area contributed by atoms with Crippen LogP contribution >= 0.6 is 0 Å². The topological polar surface area (TPSA) is 159 Å². The molecular formula is C34H35F3N8O4S. The molecule has 6 heterocycles. The first-order chi connectivity index (χ1) is 23.9. The number of rotatable bonds is 8. The Morgan fingerprint density at radius 1 is 1.22 bits per heavy atom. The van der Waals surface area contributed by atoms with Crippen molar-refractivity contribution in [1.29, 1.82) is 0 Å². The molecule has 12 nitrogen and oxygen atoms in total. The summed E-state index contributed by atoms with van der Waals surface area (Å²) < 4.78 is 78.7. The molecule has 2 aromatic carbocycles. The number of nitrogens with zero attached hydrogens (tertiary/aromatic N) is 5. The number of alkyl halides is 1. The van der Waals surface area contributed by atoms with E-state index in [1.807, 2.05) is 4.90 Å². The Morgan fingerprint density at radius 2 is 2.06 bits per heavy atom. The number of hydrogen-bond donors (Lipinski definition) is 4. The number of phenols is 1. The summed E-state index contributed by atoms with van der Waals surface area (Å²) in [5.74, 6) is 0.907. The Labute approximate surface area is 286 Å². The lowest BCUT2D eigenvalue weighted by molar-refractivity contribution is 0.107. The molecule has 2 unspecified atom stereocenters. The second-order valence-corrected chi connectivity index (χ2v) is 15.3. The molecule has 0 radical (unpaired) electrons. The van der Waals surface area contributed by atoms with E-state index in [0.29, 0.717) is 43.7 Å². The van der Waals surface area contributed by atoms with Crippen LogP contribution in [-0.4, -0.2) is 96.0 Å². The molecule has 4 aliphatic rings. The van der Waals surface area contributed by atoms with Crippen LogP contribution in [0.4, 0.5) is 19.0 Å². The van der Waals surface area contributed by atoms with Gasteiger partial charge in [0.05, 0.1) is 16.5 Å². The van der Waals surface area contributed by atoms with Gasteiger partial charge in [-0.05, 0) is 55.8 Å². The predicted molar refractivity (Wildman–Crippen MR) is 181 cm³/mol. The highest BCUT2D eigenvalue weighted by Gasteiger charge is 2.50. The van der Waals surface area contributed by atoms with Gasteiger partial charge in [0.2, 0.25) is 0 Å². The van der Waals surface area contributed by atoms with Crippen molar-refractivity contribution >= 4 is 37.7 Å². The maximum atomic E-state index is 17.0. The first-order valence-corrected chi connectivity index (χ1v) is 18.0. The van der Waals surface area contributed by atoms with Crippen molar-refractivity contribution in [3.63, 3.8) is 0 Å². The van der Waals surface area contributed by atoms with E-state index in [2.05, 4.69) is 30.8 Å². The van der Waals surface area contributed by atoms with Gasteiger partial charge in [-0.3, -0.25) is 9.88 Å². The Hall–Kier alpha value is -4.27. The van der Waals surface area contributed by atoms with E-state index in [1.165, 1.54) is 30.5 Å². The number of nitrogens with one attached hydrogen (secondary N) is 2. The lowest BCUT2D eigenvalue weighted by Gasteiger charge is -2.42. The average Bonchev–Trinajstić information content (AvgIpc) is 3.71. The molecule has 2 aromatic heterocycles. The number of anilines is 1. The molecule has 4 saturated heterocycles. The summed E-state index contributed by atoms with van der Waals surface area (Å²) in [5.41, 5.74) is -1.59. The summed E-state index contributed by atoms with van der Waals surface area (Å²) in [6.45, 7) is 1.98. The van der Waals surface area contributed by atoms with Crippen LogP contribution in [0.15, 0.2) is 30.5 Å². The normalized spacial score (nSPS) is 26.5. The van der Waals surface area contributed by atoms with Crippen LogP contribution in [0.3, 0.4) is 0 Å². The average molecular weight is 709 g/mol. The number of phenolic OH excluding ortho intramolecular Hbond substituents is 1. The largest absolute Gasteiger partial charge is 0.508 e. The molecule has 0 amide bonds. The Morgan fingerprint density at radius 3 is 2.86 bits per heavy atom. The first kappa shape index (κ1) is 32.9. The van der Waals surface area contributed by atoms with Gasteiger partial charge < -0.3 is 20.1 Å². The molecule has 50 heavy (non-hydrogen) atoms. The molecule has 0 spiro atoms. The maximum Gasteiger partial charge on any atom is 0.319 e. The van der Waals surface area contributed by atoms with Crippen LogP contribution in [-0.2, 0) is 10.2 Å². The number of fused-ring (bicyclic) bond motifs is 5. The number of nitrogens with two attached hydrogens (primary N) is 1. The predicted octanol–water partition coefficient (Wildman–Crippen LogP) is 2.87. The molecule has 4 aromatic rings. The number of piperazine rings is 1. The minimum atomic E-state index is -3.97. The number of aromatic hydroxyl groups is 1. The molecule has 262 valence electrons. The highest BCUT2D eigenvalue weighted by atomic mass is 32.2. The van der Waals surface area contributed by atoms with Crippen molar-refractivity contribution in [3.05, 3.63) is 47.7 Å². The lowest BCUT2D eigenvalue weighted by atomic mass is 9.95. The van der Waals surface area contributed by atoms with E-state index in [9.17, 15) is 22.3 Å². The molecule has 5 N–H and O–H groups in total. The number of halogens is 3. The highest BCUT2D eigenvalue weighted by molar-refractivity contribution is 7.87. The monoisotopic (exact) mass is 708 g/mol. The van der Waals surface area contributed by atoms with Crippen molar-refractivity contribution in [3.8, 4) is 35.4 Å². The highest BCUT2D eigenvalue weighted by Crippen LogP contribution is 2.42. The maximum absolute atomic E-state index is 17.0. The Kier molecular flexibility index (Phi) is 7.84. The molecule has 4 atom stereocenters. The summed E-state index contributed by atoms with van der Waals surface area (Å²) in [7, 11) is -3.97. The van der Waals surface area contributed by atoms with Gasteiger partial charge in [-0.2, -0.15) is 18.4 Å². The van der Waals surface area contributed by atoms with Crippen LogP contribution in [0.5, 0.6) is 11.8 Å². The lowest BCUT2D eigenvalue weighted by Crippen LogP contribution is -2.64. The third-order valence-corrected chi connectivity index (χ3v) is 11.2. The number of hydrogen-bond acceptors (Lipinski definition) is 10. The van der Waals surface area contributed by atoms with Gasteiger partial charge in [-0.15, -0.1) is 6.42 Å². The van der Waals surface area contributed by atoms with E-state index in [0.717, 1.165) is 25.8 Å². The Bertz CT molecular complexity index is 2200. The number of terminal acetylenes is 1. The fraction of sp³-hybridized carbons (Fsp3) is 0.441. The summed E-state index contributed by atoms with van der Waals surface area (Å²) in [5, 5.41) is 20.2. The summed E-state index contributed by atoms with van der Waals surface area (Å²) in [6.07, 6.45) is 9.48. The van der Waals surface area contributed by atoms with Gasteiger partial charge in [-0.25, -0.2) is 23.0 Å². The number of pyridine rings is 1. The van der Waals surface area contributed by atoms with Crippen LogP contribution in [0.1, 0.15) is 37.7 Å². The first-order valence-electron chi connectivity index (χ1n) is 16.5. The SMILES string of the molecule is C#Cc1c(F)ccc2cc(O)cc(-c3ncc4c(N5CC6CCC(CNS(N)(=O)=O)(C5)N6)nc(OC[C@@]56CCCN5C[C@H](F)C6)nc4c3F)c12. The van der Waals surface area contributed by atoms with Crippen LogP contribution in [0, 0.1) is 24.0 Å². The zero-order valence-corrected chi connectivity index (χ0v) is 27.7. The van der Waals surface area contributed by atoms with Crippen molar-refractivity contribution in [1.82, 2.24) is 29.9 Å². The van der Waals surface area contributed by atoms with E-state index >= 15 is 4.39 Å². The quantitative estimate of drug-likeness (QED) is 0.201. The van der Waals surface area contributed by atoms with Crippen molar-refractivity contribution in [2.24, 2.45) is 5.14 Å². The third kappa shape index (κ3) is 5.66. The van der Waals surface area contributed by atoms with Crippen molar-refractivity contribution in [2.75, 3.05) is 44.2 Å².